The zero-order valence-corrected chi connectivity index (χ0v) is 15.3. The highest BCUT2D eigenvalue weighted by Gasteiger charge is 2.26. The Bertz CT molecular complexity index is 699. The van der Waals surface area contributed by atoms with Crippen molar-refractivity contribution in [1.82, 2.24) is 10.2 Å². The predicted octanol–water partition coefficient (Wildman–Crippen LogP) is 3.41. The number of ether oxygens (including phenoxy) is 2. The first-order valence-electron chi connectivity index (χ1n) is 8.13. The molecular formula is C19H24ClFN2O2. The average Bonchev–Trinajstić information content (AvgIpc) is 2.62. The quantitative estimate of drug-likeness (QED) is 0.879. The molecule has 0 saturated carbocycles. The summed E-state index contributed by atoms with van der Waals surface area (Å²) < 4.78 is 24.5. The van der Waals surface area contributed by atoms with Crippen molar-refractivity contribution in [3.05, 3.63) is 59.4 Å². The molecule has 1 fully saturated rings. The predicted molar refractivity (Wildman–Crippen MR) is 99.2 cm³/mol. The Morgan fingerprint density at radius 2 is 1.88 bits per heavy atom. The molecule has 1 aliphatic rings. The lowest BCUT2D eigenvalue weighted by atomic mass is 10.0. The summed E-state index contributed by atoms with van der Waals surface area (Å²) in [5.41, 5.74) is 2.09. The Kier molecular flexibility index (Phi) is 7.05. The molecule has 2 aromatic rings. The van der Waals surface area contributed by atoms with Gasteiger partial charge >= 0.3 is 0 Å². The first kappa shape index (κ1) is 19.5. The van der Waals surface area contributed by atoms with Gasteiger partial charge in [-0.3, -0.25) is 4.90 Å². The van der Waals surface area contributed by atoms with Crippen molar-refractivity contribution in [1.29, 1.82) is 0 Å². The van der Waals surface area contributed by atoms with E-state index in [9.17, 15) is 4.39 Å². The van der Waals surface area contributed by atoms with E-state index in [0.717, 1.165) is 36.5 Å². The van der Waals surface area contributed by atoms with Crippen molar-refractivity contribution in [2.75, 3.05) is 33.9 Å². The van der Waals surface area contributed by atoms with E-state index < -0.39 is 0 Å². The van der Waals surface area contributed by atoms with Crippen molar-refractivity contribution in [2.45, 2.75) is 12.6 Å². The molecule has 1 aliphatic heterocycles. The second-order valence-electron chi connectivity index (χ2n) is 5.90. The monoisotopic (exact) mass is 366 g/mol. The summed E-state index contributed by atoms with van der Waals surface area (Å²) in [5, 5.41) is 3.44. The number of nitrogens with one attached hydrogen (secondary N) is 1. The van der Waals surface area contributed by atoms with E-state index in [-0.39, 0.29) is 30.0 Å². The molecule has 1 unspecified atom stereocenters. The van der Waals surface area contributed by atoms with Gasteiger partial charge in [0.2, 0.25) is 0 Å². The van der Waals surface area contributed by atoms with Gasteiger partial charge in [-0.25, -0.2) is 4.39 Å². The van der Waals surface area contributed by atoms with Crippen molar-refractivity contribution < 1.29 is 13.9 Å². The van der Waals surface area contributed by atoms with E-state index in [1.807, 2.05) is 24.3 Å². The van der Waals surface area contributed by atoms with Crippen LogP contribution in [0, 0.1) is 5.82 Å². The Morgan fingerprint density at radius 1 is 1.12 bits per heavy atom. The van der Waals surface area contributed by atoms with Crippen LogP contribution in [-0.4, -0.2) is 38.8 Å². The number of nitrogens with zero attached hydrogens (tertiary/aromatic N) is 1. The van der Waals surface area contributed by atoms with Gasteiger partial charge < -0.3 is 14.8 Å². The Morgan fingerprint density at radius 3 is 2.60 bits per heavy atom. The van der Waals surface area contributed by atoms with Crippen LogP contribution in [0.5, 0.6) is 11.5 Å². The first-order valence-corrected chi connectivity index (χ1v) is 8.13. The summed E-state index contributed by atoms with van der Waals surface area (Å²) >= 11 is 0. The van der Waals surface area contributed by atoms with Gasteiger partial charge in [0, 0.05) is 31.7 Å². The molecule has 1 heterocycles. The maximum Gasteiger partial charge on any atom is 0.165 e. The normalized spacial score (nSPS) is 17.6. The van der Waals surface area contributed by atoms with E-state index >= 15 is 0 Å². The number of para-hydroxylation sites is 1. The molecule has 6 heteroatoms. The topological polar surface area (TPSA) is 33.7 Å². The third kappa shape index (κ3) is 4.42. The minimum Gasteiger partial charge on any atom is -0.496 e. The first-order chi connectivity index (χ1) is 11.7. The van der Waals surface area contributed by atoms with E-state index in [0.29, 0.717) is 6.54 Å². The molecule has 1 N–H and O–H groups in total. The highest BCUT2D eigenvalue weighted by Crippen LogP contribution is 2.31. The fraction of sp³-hybridized carbons (Fsp3) is 0.368. The molecular weight excluding hydrogens is 343 g/mol. The molecule has 4 nitrogen and oxygen atoms in total. The summed E-state index contributed by atoms with van der Waals surface area (Å²) in [4.78, 5) is 2.36. The van der Waals surface area contributed by atoms with Crippen LogP contribution in [0.15, 0.2) is 42.5 Å². The van der Waals surface area contributed by atoms with Gasteiger partial charge in [0.1, 0.15) is 5.75 Å². The molecule has 3 rings (SSSR count). The van der Waals surface area contributed by atoms with Crippen LogP contribution >= 0.6 is 12.4 Å². The number of halogens is 2. The average molecular weight is 367 g/mol. The maximum absolute atomic E-state index is 14.0. The molecule has 1 atom stereocenters. The maximum atomic E-state index is 14.0. The number of piperazine rings is 1. The van der Waals surface area contributed by atoms with Gasteiger partial charge in [0.15, 0.2) is 11.6 Å². The van der Waals surface area contributed by atoms with Crippen molar-refractivity contribution in [3.63, 3.8) is 0 Å². The zero-order valence-electron chi connectivity index (χ0n) is 14.5. The largest absolute Gasteiger partial charge is 0.496 e. The fourth-order valence-electron chi connectivity index (χ4n) is 3.23. The summed E-state index contributed by atoms with van der Waals surface area (Å²) in [6.07, 6.45) is 0. The third-order valence-corrected chi connectivity index (χ3v) is 4.45. The molecule has 0 aliphatic carbocycles. The number of methoxy groups -OCH3 is 2. The summed E-state index contributed by atoms with van der Waals surface area (Å²) in [7, 11) is 3.17. The number of benzene rings is 2. The van der Waals surface area contributed by atoms with Crippen molar-refractivity contribution in [3.8, 4) is 11.5 Å². The summed E-state index contributed by atoms with van der Waals surface area (Å²) in [6.45, 7) is 3.35. The van der Waals surface area contributed by atoms with Crippen LogP contribution in [0.4, 0.5) is 4.39 Å². The molecule has 0 bridgehead atoms. The molecule has 0 radical (unpaired) electrons. The van der Waals surface area contributed by atoms with Crippen LogP contribution in [0.3, 0.4) is 0 Å². The van der Waals surface area contributed by atoms with Gasteiger partial charge in [0.05, 0.1) is 20.3 Å². The van der Waals surface area contributed by atoms with Gasteiger partial charge in [-0.05, 0) is 23.8 Å². The molecule has 0 aromatic heterocycles. The van der Waals surface area contributed by atoms with Crippen molar-refractivity contribution >= 4 is 12.4 Å². The Labute approximate surface area is 154 Å². The second kappa shape index (κ2) is 9.04. The van der Waals surface area contributed by atoms with Crippen LogP contribution in [0.1, 0.15) is 17.2 Å². The second-order valence-corrected chi connectivity index (χ2v) is 5.90. The Balaban J connectivity index is 0.00000225. The zero-order chi connectivity index (χ0) is 16.9. The Hall–Kier alpha value is -1.82. The van der Waals surface area contributed by atoms with E-state index in [2.05, 4.69) is 16.3 Å². The lowest BCUT2D eigenvalue weighted by Crippen LogP contribution is -2.45. The number of hydrogen-bond donors (Lipinski definition) is 1. The van der Waals surface area contributed by atoms with Crippen LogP contribution < -0.4 is 14.8 Å². The van der Waals surface area contributed by atoms with Crippen molar-refractivity contribution in [2.24, 2.45) is 0 Å². The number of hydrogen-bond acceptors (Lipinski definition) is 4. The molecule has 25 heavy (non-hydrogen) atoms. The summed E-state index contributed by atoms with van der Waals surface area (Å²) in [6, 6.07) is 13.4. The fourth-order valence-corrected chi connectivity index (χ4v) is 3.23. The van der Waals surface area contributed by atoms with E-state index in [1.165, 1.54) is 7.11 Å². The molecule has 136 valence electrons. The van der Waals surface area contributed by atoms with Gasteiger partial charge in [-0.15, -0.1) is 12.4 Å². The minimum absolute atomic E-state index is 0. The molecule has 1 saturated heterocycles. The molecule has 0 spiro atoms. The highest BCUT2D eigenvalue weighted by molar-refractivity contribution is 5.85. The van der Waals surface area contributed by atoms with Crippen LogP contribution in [0.25, 0.3) is 0 Å². The lowest BCUT2D eigenvalue weighted by Gasteiger charge is -2.37. The van der Waals surface area contributed by atoms with Gasteiger partial charge in [0.25, 0.3) is 0 Å². The van der Waals surface area contributed by atoms with Crippen LogP contribution in [-0.2, 0) is 6.54 Å². The smallest absolute Gasteiger partial charge is 0.165 e. The van der Waals surface area contributed by atoms with Gasteiger partial charge in [-0.2, -0.15) is 0 Å². The molecule has 0 amide bonds. The SMILES string of the molecule is COc1ccc(CN2CCNCC2c2ccccc2OC)cc1F.Cl. The van der Waals surface area contributed by atoms with Crippen LogP contribution in [0.2, 0.25) is 0 Å². The standard InChI is InChI=1S/C19H23FN2O2.ClH/c1-23-18-6-4-3-5-15(18)17-12-21-9-10-22(17)13-14-7-8-19(24-2)16(20)11-14;/h3-8,11,17,21H,9-10,12-13H2,1-2H3;1H. The minimum atomic E-state index is -0.320. The highest BCUT2D eigenvalue weighted by atomic mass is 35.5. The summed E-state index contributed by atoms with van der Waals surface area (Å²) in [5.74, 6) is 0.844. The molecule has 2 aromatic carbocycles. The van der Waals surface area contributed by atoms with E-state index in [4.69, 9.17) is 9.47 Å². The van der Waals surface area contributed by atoms with Gasteiger partial charge in [-0.1, -0.05) is 24.3 Å². The third-order valence-electron chi connectivity index (χ3n) is 4.45. The number of rotatable bonds is 5. The van der Waals surface area contributed by atoms with E-state index in [1.54, 1.807) is 19.2 Å². The lowest BCUT2D eigenvalue weighted by molar-refractivity contribution is 0.151.